The molecular formula is C21H23N3O4S. The van der Waals surface area contributed by atoms with Gasteiger partial charge in [0.05, 0.1) is 17.1 Å². The van der Waals surface area contributed by atoms with Gasteiger partial charge in [0, 0.05) is 11.8 Å². The van der Waals surface area contributed by atoms with Crippen LogP contribution in [0.2, 0.25) is 0 Å². The zero-order valence-electron chi connectivity index (χ0n) is 16.2. The molecule has 0 saturated heterocycles. The average Bonchev–Trinajstić information content (AvgIpc) is 3.01. The standard InChI is InChI=1S/C21H23N3O4S/c1-13(25)24-12-17(28-16-9-6-5-8-15(16)24)20(26)22-23-21(27)19-11-14-7-3-2-4-10-18(14)29-19/h5-6,8-9,11,17H,2-4,7,10,12H2,1H3,(H,22,26)(H,23,27)/t17-/m0/s1. The van der Waals surface area contributed by atoms with Crippen LogP contribution in [0.4, 0.5) is 5.69 Å². The minimum atomic E-state index is -0.908. The number of thiophene rings is 1. The summed E-state index contributed by atoms with van der Waals surface area (Å²) in [5, 5.41) is 0. The van der Waals surface area contributed by atoms with Crippen molar-refractivity contribution in [3.8, 4) is 5.75 Å². The van der Waals surface area contributed by atoms with E-state index in [1.165, 1.54) is 40.0 Å². The van der Waals surface area contributed by atoms with Crippen LogP contribution in [0.25, 0.3) is 0 Å². The van der Waals surface area contributed by atoms with E-state index in [0.717, 1.165) is 25.7 Å². The summed E-state index contributed by atoms with van der Waals surface area (Å²) in [4.78, 5) is 40.4. The van der Waals surface area contributed by atoms with E-state index in [2.05, 4.69) is 10.9 Å². The van der Waals surface area contributed by atoms with Gasteiger partial charge in [-0.1, -0.05) is 18.6 Å². The number of anilines is 1. The Morgan fingerprint density at radius 3 is 2.72 bits per heavy atom. The van der Waals surface area contributed by atoms with Crippen LogP contribution in [0, 0.1) is 0 Å². The fourth-order valence-corrected chi connectivity index (χ4v) is 4.86. The summed E-state index contributed by atoms with van der Waals surface area (Å²) in [7, 11) is 0. The maximum atomic E-state index is 12.6. The normalized spacial score (nSPS) is 18.0. The SMILES string of the molecule is CC(=O)N1C[C@@H](C(=O)NNC(=O)c2cc3c(s2)CCCCC3)Oc2ccccc21. The Kier molecular flexibility index (Phi) is 5.53. The molecular weight excluding hydrogens is 390 g/mol. The number of hydrogen-bond donors (Lipinski definition) is 2. The Balaban J connectivity index is 1.40. The van der Waals surface area contributed by atoms with Gasteiger partial charge < -0.3 is 9.64 Å². The lowest BCUT2D eigenvalue weighted by molar-refractivity contribution is -0.129. The molecule has 0 fully saturated rings. The molecule has 3 amide bonds. The van der Waals surface area contributed by atoms with E-state index >= 15 is 0 Å². The van der Waals surface area contributed by atoms with Crippen molar-refractivity contribution in [2.75, 3.05) is 11.4 Å². The highest BCUT2D eigenvalue weighted by molar-refractivity contribution is 7.14. The van der Waals surface area contributed by atoms with E-state index in [-0.39, 0.29) is 18.4 Å². The molecule has 1 aromatic carbocycles. The van der Waals surface area contributed by atoms with Crippen molar-refractivity contribution < 1.29 is 19.1 Å². The Labute approximate surface area is 173 Å². The Morgan fingerprint density at radius 2 is 1.90 bits per heavy atom. The predicted octanol–water partition coefficient (Wildman–Crippen LogP) is 2.59. The number of nitrogens with one attached hydrogen (secondary N) is 2. The van der Waals surface area contributed by atoms with Crippen LogP contribution in [-0.4, -0.2) is 30.4 Å². The molecule has 0 saturated carbocycles. The van der Waals surface area contributed by atoms with Crippen LogP contribution >= 0.6 is 11.3 Å². The van der Waals surface area contributed by atoms with Gasteiger partial charge in [-0.3, -0.25) is 25.2 Å². The van der Waals surface area contributed by atoms with E-state index in [4.69, 9.17) is 4.74 Å². The lowest BCUT2D eigenvalue weighted by Crippen LogP contribution is -2.54. The maximum absolute atomic E-state index is 12.6. The summed E-state index contributed by atoms with van der Waals surface area (Å²) in [6, 6.07) is 8.99. The lowest BCUT2D eigenvalue weighted by Gasteiger charge is -2.33. The zero-order valence-corrected chi connectivity index (χ0v) is 17.0. The first kappa shape index (κ1) is 19.4. The molecule has 0 unspecified atom stereocenters. The predicted molar refractivity (Wildman–Crippen MR) is 110 cm³/mol. The number of amides is 3. The smallest absolute Gasteiger partial charge is 0.281 e. The van der Waals surface area contributed by atoms with Crippen molar-refractivity contribution in [3.63, 3.8) is 0 Å². The highest BCUT2D eigenvalue weighted by Gasteiger charge is 2.32. The molecule has 7 nitrogen and oxygen atoms in total. The number of carbonyl (C=O) groups excluding carboxylic acids is 3. The topological polar surface area (TPSA) is 87.7 Å². The van der Waals surface area contributed by atoms with Gasteiger partial charge in [-0.2, -0.15) is 0 Å². The number of aryl methyl sites for hydroxylation is 2. The second kappa shape index (κ2) is 8.24. The number of fused-ring (bicyclic) bond motifs is 2. The number of hydrogen-bond acceptors (Lipinski definition) is 5. The number of ether oxygens (including phenoxy) is 1. The van der Waals surface area contributed by atoms with Gasteiger partial charge in [-0.15, -0.1) is 11.3 Å². The van der Waals surface area contributed by atoms with Gasteiger partial charge in [-0.25, -0.2) is 0 Å². The second-order valence-electron chi connectivity index (χ2n) is 7.27. The number of hydrazine groups is 1. The summed E-state index contributed by atoms with van der Waals surface area (Å²) in [6.07, 6.45) is 4.62. The molecule has 1 aliphatic carbocycles. The fourth-order valence-electron chi connectivity index (χ4n) is 3.71. The minimum absolute atomic E-state index is 0.0847. The lowest BCUT2D eigenvalue weighted by atomic mass is 10.1. The molecule has 0 radical (unpaired) electrons. The Bertz CT molecular complexity index is 932. The van der Waals surface area contributed by atoms with Crippen LogP contribution in [0.15, 0.2) is 30.3 Å². The largest absolute Gasteiger partial charge is 0.476 e. The maximum Gasteiger partial charge on any atom is 0.281 e. The zero-order chi connectivity index (χ0) is 20.4. The summed E-state index contributed by atoms with van der Waals surface area (Å²) < 4.78 is 5.74. The van der Waals surface area contributed by atoms with Crippen molar-refractivity contribution in [2.45, 2.75) is 45.1 Å². The van der Waals surface area contributed by atoms with Gasteiger partial charge in [0.1, 0.15) is 5.75 Å². The van der Waals surface area contributed by atoms with Gasteiger partial charge in [0.25, 0.3) is 11.8 Å². The number of benzene rings is 1. The summed E-state index contributed by atoms with van der Waals surface area (Å²) in [6.45, 7) is 1.53. The van der Waals surface area contributed by atoms with Crippen molar-refractivity contribution in [2.24, 2.45) is 0 Å². The summed E-state index contributed by atoms with van der Waals surface area (Å²) in [5.74, 6) is -0.557. The second-order valence-corrected chi connectivity index (χ2v) is 8.40. The monoisotopic (exact) mass is 413 g/mol. The molecule has 1 aliphatic heterocycles. The van der Waals surface area contributed by atoms with Crippen molar-refractivity contribution in [3.05, 3.63) is 45.6 Å². The molecule has 4 rings (SSSR count). The Morgan fingerprint density at radius 1 is 1.10 bits per heavy atom. The van der Waals surface area contributed by atoms with E-state index in [0.29, 0.717) is 16.3 Å². The van der Waals surface area contributed by atoms with Crippen LogP contribution in [0.1, 0.15) is 46.3 Å². The molecule has 29 heavy (non-hydrogen) atoms. The highest BCUT2D eigenvalue weighted by atomic mass is 32.1. The third-order valence-corrected chi connectivity index (χ3v) is 6.45. The third-order valence-electron chi connectivity index (χ3n) is 5.22. The molecule has 2 aliphatic rings. The molecule has 0 spiro atoms. The van der Waals surface area contributed by atoms with E-state index in [1.807, 2.05) is 6.07 Å². The van der Waals surface area contributed by atoms with Gasteiger partial charge in [0.2, 0.25) is 5.91 Å². The number of carbonyl (C=O) groups is 3. The average molecular weight is 413 g/mol. The van der Waals surface area contributed by atoms with Gasteiger partial charge in [-0.05, 0) is 49.4 Å². The van der Waals surface area contributed by atoms with Crippen molar-refractivity contribution in [1.29, 1.82) is 0 Å². The molecule has 8 heteroatoms. The van der Waals surface area contributed by atoms with Gasteiger partial charge >= 0.3 is 0 Å². The van der Waals surface area contributed by atoms with Crippen molar-refractivity contribution >= 4 is 34.7 Å². The molecule has 0 bridgehead atoms. The van der Waals surface area contributed by atoms with E-state index in [1.54, 1.807) is 24.3 Å². The summed E-state index contributed by atoms with van der Waals surface area (Å²) in [5.41, 5.74) is 6.79. The number of para-hydroxylation sites is 2. The van der Waals surface area contributed by atoms with Crippen LogP contribution in [0.3, 0.4) is 0 Å². The Hall–Kier alpha value is -2.87. The highest BCUT2D eigenvalue weighted by Crippen LogP contribution is 2.33. The fraction of sp³-hybridized carbons (Fsp3) is 0.381. The van der Waals surface area contributed by atoms with Crippen LogP contribution in [-0.2, 0) is 22.4 Å². The molecule has 152 valence electrons. The minimum Gasteiger partial charge on any atom is -0.476 e. The number of rotatable bonds is 2. The van der Waals surface area contributed by atoms with Gasteiger partial charge in [0.15, 0.2) is 6.10 Å². The molecule has 2 aromatic rings. The first-order chi connectivity index (χ1) is 14.0. The molecule has 2 heterocycles. The number of nitrogens with zero attached hydrogens (tertiary/aromatic N) is 1. The van der Waals surface area contributed by atoms with E-state index < -0.39 is 12.0 Å². The van der Waals surface area contributed by atoms with Crippen LogP contribution < -0.4 is 20.5 Å². The molecule has 1 atom stereocenters. The third kappa shape index (κ3) is 4.12. The quantitative estimate of drug-likeness (QED) is 0.585. The van der Waals surface area contributed by atoms with Crippen LogP contribution in [0.5, 0.6) is 5.75 Å². The first-order valence-electron chi connectivity index (χ1n) is 9.78. The molecule has 2 N–H and O–H groups in total. The molecule has 1 aromatic heterocycles. The first-order valence-corrected chi connectivity index (χ1v) is 10.6. The van der Waals surface area contributed by atoms with Crippen molar-refractivity contribution in [1.82, 2.24) is 10.9 Å². The van der Waals surface area contributed by atoms with E-state index in [9.17, 15) is 14.4 Å². The summed E-state index contributed by atoms with van der Waals surface area (Å²) >= 11 is 1.49.